The molecule has 1 aromatic heterocycles. The van der Waals surface area contributed by atoms with E-state index in [9.17, 15) is 0 Å². The van der Waals surface area contributed by atoms with Gasteiger partial charge >= 0.3 is 0 Å². The molecule has 0 unspecified atom stereocenters. The molecule has 3 rings (SSSR count). The van der Waals surface area contributed by atoms with Gasteiger partial charge in [-0.2, -0.15) is 0 Å². The molecule has 0 atom stereocenters. The number of hydrogen-bond acceptors (Lipinski definition) is 2. The van der Waals surface area contributed by atoms with Crippen LogP contribution < -0.4 is 0 Å². The van der Waals surface area contributed by atoms with Crippen LogP contribution in [0.25, 0.3) is 21.9 Å². The van der Waals surface area contributed by atoms with Crippen LogP contribution in [0.3, 0.4) is 0 Å². The zero-order valence-corrected chi connectivity index (χ0v) is 13.1. The minimum absolute atomic E-state index is 0.851. The van der Waals surface area contributed by atoms with E-state index in [0.717, 1.165) is 33.2 Å². The standard InChI is InChI=1S/C17H15NO.C2H6/c1-3-12(2)11-18-15-9-6-8-14-13-7-4-5-10-16(13)19-17(14)15;1-2/h3-11H,1-2H3;1-2H3/b12-3-,18-11?;. The number of aliphatic imine (C=N–C) groups is 1. The van der Waals surface area contributed by atoms with E-state index in [2.05, 4.69) is 17.1 Å². The van der Waals surface area contributed by atoms with Crippen molar-refractivity contribution in [3.8, 4) is 0 Å². The molecule has 0 N–H and O–H groups in total. The van der Waals surface area contributed by atoms with E-state index in [1.807, 2.05) is 70.3 Å². The molecule has 0 amide bonds. The van der Waals surface area contributed by atoms with Gasteiger partial charge in [0.15, 0.2) is 5.58 Å². The van der Waals surface area contributed by atoms with Gasteiger partial charge in [0.1, 0.15) is 11.3 Å². The number of fused-ring (bicyclic) bond motifs is 3. The molecule has 2 aromatic carbocycles. The lowest BCUT2D eigenvalue weighted by Gasteiger charge is -1.95. The first-order valence-corrected chi connectivity index (χ1v) is 7.37. The molecule has 108 valence electrons. The third kappa shape index (κ3) is 3.05. The number of allylic oxidation sites excluding steroid dienone is 2. The van der Waals surface area contributed by atoms with Crippen LogP contribution in [0, 0.1) is 0 Å². The van der Waals surface area contributed by atoms with Gasteiger partial charge < -0.3 is 4.42 Å². The normalized spacial score (nSPS) is 11.9. The van der Waals surface area contributed by atoms with Crippen molar-refractivity contribution in [1.82, 2.24) is 0 Å². The Morgan fingerprint density at radius 1 is 1.00 bits per heavy atom. The van der Waals surface area contributed by atoms with Gasteiger partial charge in [-0.1, -0.05) is 50.3 Å². The predicted molar refractivity (Wildman–Crippen MR) is 92.7 cm³/mol. The molecule has 0 aliphatic rings. The summed E-state index contributed by atoms with van der Waals surface area (Å²) in [5.74, 6) is 0. The fourth-order valence-corrected chi connectivity index (χ4v) is 2.08. The van der Waals surface area contributed by atoms with Crippen LogP contribution in [-0.4, -0.2) is 6.21 Å². The van der Waals surface area contributed by atoms with Crippen molar-refractivity contribution in [2.24, 2.45) is 4.99 Å². The van der Waals surface area contributed by atoms with Crippen molar-refractivity contribution in [3.63, 3.8) is 0 Å². The molecule has 0 saturated heterocycles. The average molecular weight is 279 g/mol. The van der Waals surface area contributed by atoms with Gasteiger partial charge in [-0.25, -0.2) is 0 Å². The predicted octanol–water partition coefficient (Wildman–Crippen LogP) is 6.28. The topological polar surface area (TPSA) is 25.5 Å². The Hall–Kier alpha value is -2.35. The summed E-state index contributed by atoms with van der Waals surface area (Å²) in [5, 5.41) is 2.25. The van der Waals surface area contributed by atoms with Gasteiger partial charge in [0, 0.05) is 17.0 Å². The van der Waals surface area contributed by atoms with Crippen molar-refractivity contribution in [1.29, 1.82) is 0 Å². The molecule has 3 aromatic rings. The van der Waals surface area contributed by atoms with Crippen LogP contribution in [0.4, 0.5) is 5.69 Å². The molecule has 0 aliphatic carbocycles. The Bertz CT molecular complexity index is 794. The Morgan fingerprint density at radius 3 is 2.48 bits per heavy atom. The second-order valence-electron chi connectivity index (χ2n) is 4.54. The van der Waals surface area contributed by atoms with Gasteiger partial charge in [-0.3, -0.25) is 4.99 Å². The number of rotatable bonds is 2. The molecule has 0 radical (unpaired) electrons. The van der Waals surface area contributed by atoms with E-state index in [-0.39, 0.29) is 0 Å². The molecule has 0 saturated carbocycles. The maximum atomic E-state index is 5.92. The van der Waals surface area contributed by atoms with Crippen LogP contribution in [0.1, 0.15) is 27.7 Å². The number of furan rings is 1. The summed E-state index contributed by atoms with van der Waals surface area (Å²) in [6.07, 6.45) is 3.89. The first kappa shape index (κ1) is 15.0. The fourth-order valence-electron chi connectivity index (χ4n) is 2.08. The second kappa shape index (κ2) is 6.89. The summed E-state index contributed by atoms with van der Waals surface area (Å²) >= 11 is 0. The molecule has 1 heterocycles. The van der Waals surface area contributed by atoms with E-state index in [4.69, 9.17) is 4.42 Å². The van der Waals surface area contributed by atoms with Gasteiger partial charge in [0.25, 0.3) is 0 Å². The molecular weight excluding hydrogens is 258 g/mol. The van der Waals surface area contributed by atoms with Crippen LogP contribution in [0.5, 0.6) is 0 Å². The van der Waals surface area contributed by atoms with Crippen molar-refractivity contribution >= 4 is 33.8 Å². The Kier molecular flexibility index (Phi) is 4.94. The largest absolute Gasteiger partial charge is 0.454 e. The zero-order chi connectivity index (χ0) is 15.2. The highest BCUT2D eigenvalue weighted by Crippen LogP contribution is 2.34. The smallest absolute Gasteiger partial charge is 0.160 e. The summed E-state index contributed by atoms with van der Waals surface area (Å²) < 4.78 is 5.92. The van der Waals surface area contributed by atoms with Gasteiger partial charge in [-0.15, -0.1) is 0 Å². The van der Waals surface area contributed by atoms with E-state index in [0.29, 0.717) is 0 Å². The first-order chi connectivity index (χ1) is 10.3. The van der Waals surface area contributed by atoms with Crippen molar-refractivity contribution < 1.29 is 4.42 Å². The summed E-state index contributed by atoms with van der Waals surface area (Å²) in [6.45, 7) is 8.03. The first-order valence-electron chi connectivity index (χ1n) is 7.37. The van der Waals surface area contributed by atoms with Crippen molar-refractivity contribution in [3.05, 3.63) is 54.1 Å². The van der Waals surface area contributed by atoms with Crippen LogP contribution in [0.2, 0.25) is 0 Å². The molecule has 2 heteroatoms. The summed E-state index contributed by atoms with van der Waals surface area (Å²) in [6, 6.07) is 14.1. The molecule has 21 heavy (non-hydrogen) atoms. The Morgan fingerprint density at radius 2 is 1.71 bits per heavy atom. The number of para-hydroxylation sites is 2. The lowest BCUT2D eigenvalue weighted by Crippen LogP contribution is -1.75. The molecule has 0 fully saturated rings. The van der Waals surface area contributed by atoms with Crippen molar-refractivity contribution in [2.45, 2.75) is 27.7 Å². The van der Waals surface area contributed by atoms with Crippen LogP contribution in [0.15, 0.2) is 63.5 Å². The quantitative estimate of drug-likeness (QED) is 0.507. The fraction of sp³-hybridized carbons (Fsp3) is 0.211. The third-order valence-corrected chi connectivity index (χ3v) is 3.25. The van der Waals surface area contributed by atoms with Crippen molar-refractivity contribution in [2.75, 3.05) is 0 Å². The number of hydrogen-bond donors (Lipinski definition) is 0. The SMILES string of the molecule is C/C=C(/C)C=Nc1cccc2c1oc1ccccc12.CC. The number of nitrogens with zero attached hydrogens (tertiary/aromatic N) is 1. The third-order valence-electron chi connectivity index (χ3n) is 3.25. The van der Waals surface area contributed by atoms with Gasteiger partial charge in [-0.05, 0) is 31.6 Å². The number of benzene rings is 2. The molecule has 0 spiro atoms. The molecule has 0 aliphatic heterocycles. The van der Waals surface area contributed by atoms with E-state index in [1.54, 1.807) is 0 Å². The Balaban J connectivity index is 0.000000774. The maximum Gasteiger partial charge on any atom is 0.160 e. The minimum Gasteiger partial charge on any atom is -0.454 e. The second-order valence-corrected chi connectivity index (χ2v) is 4.54. The van der Waals surface area contributed by atoms with E-state index >= 15 is 0 Å². The van der Waals surface area contributed by atoms with Gasteiger partial charge in [0.05, 0.1) is 0 Å². The summed E-state index contributed by atoms with van der Waals surface area (Å²) in [7, 11) is 0. The lowest BCUT2D eigenvalue weighted by atomic mass is 10.1. The summed E-state index contributed by atoms with van der Waals surface area (Å²) in [4.78, 5) is 4.51. The highest BCUT2D eigenvalue weighted by atomic mass is 16.3. The molecule has 2 nitrogen and oxygen atoms in total. The van der Waals surface area contributed by atoms with Gasteiger partial charge in [0.2, 0.25) is 0 Å². The monoisotopic (exact) mass is 279 g/mol. The molecule has 0 bridgehead atoms. The van der Waals surface area contributed by atoms with E-state index < -0.39 is 0 Å². The Labute approximate surface area is 125 Å². The minimum atomic E-state index is 0.851. The molecular formula is C19H21NO. The maximum absolute atomic E-state index is 5.92. The zero-order valence-electron chi connectivity index (χ0n) is 13.1. The average Bonchev–Trinajstić information content (AvgIpc) is 2.93. The van der Waals surface area contributed by atoms with Crippen LogP contribution >= 0.6 is 0 Å². The highest BCUT2D eigenvalue weighted by Gasteiger charge is 2.08. The lowest BCUT2D eigenvalue weighted by molar-refractivity contribution is 0.669. The summed E-state index contributed by atoms with van der Waals surface area (Å²) in [5.41, 5.74) is 3.76. The van der Waals surface area contributed by atoms with E-state index in [1.165, 1.54) is 0 Å². The highest BCUT2D eigenvalue weighted by molar-refractivity contribution is 6.08. The van der Waals surface area contributed by atoms with Crippen LogP contribution in [-0.2, 0) is 0 Å².